The molecule has 0 saturated carbocycles. The molecule has 0 aromatic heterocycles. The van der Waals surface area contributed by atoms with Gasteiger partial charge in [-0.3, -0.25) is 52.7 Å². The standard InChI is InChI=1S/C11H22O2.C10H20O2.C8H16O2.C7H14O2.3C6H12O2.2C5H11NO2.2C5H10O2/c1-2-3-4-5-6-7-8-9-10-11(12)13;1-2-3-4-5-6-7-8-9-10(11)12;1-2-3-4-5-6-7-8(9)10;1-2-3-4-5-6-7(8)9;1-6(2,3)4-5(7)8;1-4-6(2,3)5(7)8;1-2-3-4-5-6(7)8;1-3(2)4(6)5(7)8;1-2-3-4(6)5(7)8;1-4(2)3-5(6)7;1-2-3-4-5(6)7/h2-10H2,1H3,(H,12,13);2-9H2,1H3,(H,11,12);2-7H2,1H3,(H,9,10);2-6H2,1H3,(H,8,9);2*4H2,1-3H3,(H,7,8);2-5H2,1H3,(H,7,8);3-4H,6H2,1-2H3,(H,7,8);4H,2-3,6H2,1H3,(H,7,8);4H,3H2,1-2H3,(H,6,7);2-4H2,1H3,(H,6,7). The van der Waals surface area contributed by atoms with Gasteiger partial charge >= 0.3 is 65.7 Å². The molecule has 0 aliphatic carbocycles. The van der Waals surface area contributed by atoms with E-state index < -0.39 is 83.2 Å². The summed E-state index contributed by atoms with van der Waals surface area (Å²) in [7, 11) is 0. The van der Waals surface area contributed by atoms with Gasteiger partial charge in [-0.1, -0.05) is 258 Å². The van der Waals surface area contributed by atoms with Crippen LogP contribution >= 0.6 is 0 Å². The SMILES string of the molecule is CC(C)(C)CC(=O)O.CC(C)C(N)C(=O)O.CC(C)CC(=O)O.CCC(C)(C)C(=O)O.CCCC(N)C(=O)O.CCCCC(=O)O.CCCCCC(=O)O.CCCCCCC(=O)O.CCCCCCCC(=O)O.CCCCCCCCCC(=O)O.CCCCCCCCCCC(=O)O. The first-order chi connectivity index (χ1) is 45.4. The zero-order valence-corrected chi connectivity index (χ0v) is 64.7. The minimum atomic E-state index is -0.931. The van der Waals surface area contributed by atoms with E-state index in [0.717, 1.165) is 96.3 Å². The maximum absolute atomic E-state index is 10.3. The summed E-state index contributed by atoms with van der Waals surface area (Å²) in [5.74, 6) is -7.75. The van der Waals surface area contributed by atoms with Crippen LogP contribution in [0.15, 0.2) is 0 Å². The van der Waals surface area contributed by atoms with E-state index in [0.29, 0.717) is 51.4 Å². The fraction of sp³-hybridized carbons (Fsp3) is 0.851. The third-order valence-electron chi connectivity index (χ3n) is 13.4. The summed E-state index contributed by atoms with van der Waals surface area (Å²) >= 11 is 0. The molecule has 0 saturated heterocycles. The predicted molar refractivity (Wildman–Crippen MR) is 393 cm³/mol. The second-order valence-electron chi connectivity index (χ2n) is 26.5. The highest BCUT2D eigenvalue weighted by Gasteiger charge is 2.23. The Labute approximate surface area is 593 Å². The maximum atomic E-state index is 10.3. The minimum absolute atomic E-state index is 0.0208. The van der Waals surface area contributed by atoms with Crippen molar-refractivity contribution in [2.45, 2.75) is 387 Å². The van der Waals surface area contributed by atoms with Crippen molar-refractivity contribution >= 4 is 65.7 Å². The summed E-state index contributed by atoms with van der Waals surface area (Å²) in [4.78, 5) is 110. The van der Waals surface area contributed by atoms with Crippen molar-refractivity contribution in [3.8, 4) is 0 Å². The van der Waals surface area contributed by atoms with Crippen LogP contribution in [-0.4, -0.2) is 134 Å². The third-order valence-corrected chi connectivity index (χ3v) is 13.4. The molecule has 0 spiro atoms. The summed E-state index contributed by atoms with van der Waals surface area (Å²) < 4.78 is 0. The Balaban J connectivity index is -0.0000000949. The van der Waals surface area contributed by atoms with Gasteiger partial charge in [0, 0.05) is 44.9 Å². The van der Waals surface area contributed by atoms with E-state index in [1.807, 2.05) is 55.4 Å². The molecule has 98 heavy (non-hydrogen) atoms. The summed E-state index contributed by atoms with van der Waals surface area (Å²) in [6.45, 7) is 32.9. The van der Waals surface area contributed by atoms with E-state index in [-0.39, 0.29) is 30.1 Å². The van der Waals surface area contributed by atoms with E-state index in [4.69, 9.17) is 67.6 Å². The molecule has 0 aromatic carbocycles. The van der Waals surface area contributed by atoms with Gasteiger partial charge in [-0.15, -0.1) is 0 Å². The highest BCUT2D eigenvalue weighted by Crippen LogP contribution is 2.19. The van der Waals surface area contributed by atoms with E-state index in [1.54, 1.807) is 27.7 Å². The third kappa shape index (κ3) is 154. The molecule has 0 radical (unpaired) electrons. The van der Waals surface area contributed by atoms with Gasteiger partial charge in [0.05, 0.1) is 11.8 Å². The lowest BCUT2D eigenvalue weighted by Gasteiger charge is -2.14. The van der Waals surface area contributed by atoms with Gasteiger partial charge in [0.25, 0.3) is 0 Å². The molecule has 24 heteroatoms. The zero-order chi connectivity index (χ0) is 78.9. The van der Waals surface area contributed by atoms with Crippen molar-refractivity contribution in [3.63, 3.8) is 0 Å². The number of hydrogen-bond acceptors (Lipinski definition) is 13. The molecular formula is C74H150N2O22. The molecule has 0 aliphatic heterocycles. The Bertz CT molecular complexity index is 1850. The quantitative estimate of drug-likeness (QED) is 0.0252. The summed E-state index contributed by atoms with van der Waals surface area (Å²) in [6, 6.07) is -1.38. The lowest BCUT2D eigenvalue weighted by molar-refractivity contribution is -0.147. The smallest absolute Gasteiger partial charge is 0.320 e. The summed E-state index contributed by atoms with van der Waals surface area (Å²) in [5, 5.41) is 90.6. The van der Waals surface area contributed by atoms with Crippen molar-refractivity contribution in [1.29, 1.82) is 0 Å². The number of unbranched alkanes of at least 4 members (excludes halogenated alkanes) is 23. The minimum Gasteiger partial charge on any atom is -0.481 e. The van der Waals surface area contributed by atoms with Crippen LogP contribution in [0.1, 0.15) is 375 Å². The first-order valence-electron chi connectivity index (χ1n) is 36.4. The van der Waals surface area contributed by atoms with Gasteiger partial charge in [-0.2, -0.15) is 0 Å². The fourth-order valence-corrected chi connectivity index (χ4v) is 6.75. The number of carboxylic acid groups (broad SMARTS) is 11. The van der Waals surface area contributed by atoms with E-state index in [2.05, 4.69) is 34.6 Å². The topological polar surface area (TPSA) is 462 Å². The van der Waals surface area contributed by atoms with Gasteiger partial charge in [-0.25, -0.2) is 0 Å². The van der Waals surface area contributed by atoms with Crippen molar-refractivity contribution < 1.29 is 109 Å². The zero-order valence-electron chi connectivity index (χ0n) is 64.7. The van der Waals surface area contributed by atoms with E-state index in [9.17, 15) is 52.7 Å². The number of rotatable bonds is 45. The highest BCUT2D eigenvalue weighted by atomic mass is 16.4. The number of hydrogen-bond donors (Lipinski definition) is 13. The Hall–Kier alpha value is -5.91. The number of carboxylic acids is 11. The Morgan fingerprint density at radius 1 is 0.306 bits per heavy atom. The molecule has 0 fully saturated rings. The average molecular weight is 1420 g/mol. The molecule has 0 rings (SSSR count). The molecule has 2 unspecified atom stereocenters. The lowest BCUT2D eigenvalue weighted by atomic mass is 9.91. The Morgan fingerprint density at radius 2 is 0.541 bits per heavy atom. The molecule has 0 amide bonds. The largest absolute Gasteiger partial charge is 0.481 e. The summed E-state index contributed by atoms with van der Waals surface area (Å²) in [5.41, 5.74) is 9.67. The Morgan fingerprint density at radius 3 is 0.653 bits per heavy atom. The van der Waals surface area contributed by atoms with Crippen LogP contribution in [-0.2, 0) is 52.7 Å². The normalized spacial score (nSPS) is 10.6. The van der Waals surface area contributed by atoms with Crippen molar-refractivity contribution in [1.82, 2.24) is 0 Å². The van der Waals surface area contributed by atoms with Crippen LogP contribution in [0.4, 0.5) is 0 Å². The molecule has 588 valence electrons. The molecule has 0 aromatic rings. The molecule has 0 bridgehead atoms. The molecule has 15 N–H and O–H groups in total. The van der Waals surface area contributed by atoms with Gasteiger partial charge < -0.3 is 67.6 Å². The monoisotopic (exact) mass is 1420 g/mol. The molecule has 2 atom stereocenters. The van der Waals surface area contributed by atoms with Crippen molar-refractivity contribution in [3.05, 3.63) is 0 Å². The van der Waals surface area contributed by atoms with Crippen LogP contribution in [0, 0.1) is 22.7 Å². The Kier molecular flexibility index (Phi) is 106. The van der Waals surface area contributed by atoms with Crippen LogP contribution < -0.4 is 11.5 Å². The van der Waals surface area contributed by atoms with Gasteiger partial charge in [0.15, 0.2) is 0 Å². The van der Waals surface area contributed by atoms with Gasteiger partial charge in [0.1, 0.15) is 12.1 Å². The highest BCUT2D eigenvalue weighted by molar-refractivity contribution is 5.74. The average Bonchev–Trinajstić information content (AvgIpc) is 1.11. The van der Waals surface area contributed by atoms with Crippen LogP contribution in [0.2, 0.25) is 0 Å². The second-order valence-corrected chi connectivity index (χ2v) is 26.5. The molecule has 0 heterocycles. The fourth-order valence-electron chi connectivity index (χ4n) is 6.75. The number of aliphatic carboxylic acids is 11. The van der Waals surface area contributed by atoms with E-state index in [1.165, 1.54) is 96.3 Å². The molecule has 24 nitrogen and oxygen atoms in total. The first kappa shape index (κ1) is 116. The number of carbonyl (C=O) groups is 11. The summed E-state index contributed by atoms with van der Waals surface area (Å²) in [6.07, 6.45) is 37.1. The molecular weight excluding hydrogens is 1270 g/mol. The first-order valence-corrected chi connectivity index (χ1v) is 36.4. The van der Waals surface area contributed by atoms with Crippen LogP contribution in [0.3, 0.4) is 0 Å². The van der Waals surface area contributed by atoms with Gasteiger partial charge in [-0.05, 0) is 82.5 Å². The maximum Gasteiger partial charge on any atom is 0.320 e. The second kappa shape index (κ2) is 89.1. The van der Waals surface area contributed by atoms with E-state index >= 15 is 0 Å². The van der Waals surface area contributed by atoms with Crippen molar-refractivity contribution in [2.24, 2.45) is 34.1 Å². The van der Waals surface area contributed by atoms with Crippen molar-refractivity contribution in [2.75, 3.05) is 0 Å². The predicted octanol–water partition coefficient (Wildman–Crippen LogP) is 18.6. The lowest BCUT2D eigenvalue weighted by Crippen LogP contribution is -2.34. The number of nitrogens with two attached hydrogens (primary N) is 2. The van der Waals surface area contributed by atoms with Crippen LogP contribution in [0.5, 0.6) is 0 Å². The molecule has 0 aliphatic rings. The van der Waals surface area contributed by atoms with Crippen LogP contribution in [0.25, 0.3) is 0 Å². The van der Waals surface area contributed by atoms with Gasteiger partial charge in [0.2, 0.25) is 0 Å².